The summed E-state index contributed by atoms with van der Waals surface area (Å²) >= 11 is 6.10. The summed E-state index contributed by atoms with van der Waals surface area (Å²) in [6, 6.07) is 17.1. The molecule has 3 heteroatoms. The lowest BCUT2D eigenvalue weighted by Gasteiger charge is -2.38. The summed E-state index contributed by atoms with van der Waals surface area (Å²) in [4.78, 5) is 2.42. The van der Waals surface area contributed by atoms with Crippen molar-refractivity contribution in [2.75, 3.05) is 18.0 Å². The van der Waals surface area contributed by atoms with Crippen molar-refractivity contribution in [1.29, 1.82) is 0 Å². The average molecular weight is 315 g/mol. The number of anilines is 1. The Balaban J connectivity index is 1.72. The predicted octanol–water partition coefficient (Wildman–Crippen LogP) is 4.04. The van der Waals surface area contributed by atoms with Crippen molar-refractivity contribution in [2.45, 2.75) is 25.8 Å². The Morgan fingerprint density at radius 2 is 1.91 bits per heavy atom. The van der Waals surface area contributed by atoms with Crippen LogP contribution in [0.4, 0.5) is 5.69 Å². The summed E-state index contributed by atoms with van der Waals surface area (Å²) in [7, 11) is 0. The fourth-order valence-electron chi connectivity index (χ4n) is 3.36. The zero-order valence-electron chi connectivity index (χ0n) is 13.0. The number of halogens is 1. The van der Waals surface area contributed by atoms with E-state index >= 15 is 0 Å². The molecule has 0 spiro atoms. The normalized spacial score (nSPS) is 21.9. The van der Waals surface area contributed by atoms with Gasteiger partial charge in [-0.05, 0) is 55.5 Å². The summed E-state index contributed by atoms with van der Waals surface area (Å²) in [6.07, 6.45) is 2.12. The number of benzene rings is 2. The molecule has 0 radical (unpaired) electrons. The first-order valence-corrected chi connectivity index (χ1v) is 8.29. The van der Waals surface area contributed by atoms with Crippen molar-refractivity contribution in [3.63, 3.8) is 0 Å². The van der Waals surface area contributed by atoms with Crippen LogP contribution in [0.3, 0.4) is 0 Å². The van der Waals surface area contributed by atoms with Gasteiger partial charge >= 0.3 is 0 Å². The molecule has 1 heterocycles. The van der Waals surface area contributed by atoms with Crippen LogP contribution in [0.25, 0.3) is 0 Å². The van der Waals surface area contributed by atoms with Crippen LogP contribution in [-0.4, -0.2) is 19.1 Å². The lowest BCUT2D eigenvalue weighted by molar-refractivity contribution is 0.374. The Labute approximate surface area is 137 Å². The quantitative estimate of drug-likeness (QED) is 0.926. The van der Waals surface area contributed by atoms with Crippen molar-refractivity contribution in [1.82, 2.24) is 0 Å². The molecule has 1 fully saturated rings. The molecule has 2 N–H and O–H groups in total. The van der Waals surface area contributed by atoms with Crippen molar-refractivity contribution in [3.05, 3.63) is 64.7 Å². The molecule has 1 saturated heterocycles. The average Bonchev–Trinajstić information content (AvgIpc) is 2.47. The monoisotopic (exact) mass is 314 g/mol. The molecular weight excluding hydrogens is 292 g/mol. The van der Waals surface area contributed by atoms with Gasteiger partial charge in [0.25, 0.3) is 0 Å². The number of rotatable bonds is 3. The molecule has 0 aromatic heterocycles. The molecule has 1 aliphatic rings. The van der Waals surface area contributed by atoms with Gasteiger partial charge in [-0.25, -0.2) is 0 Å². The molecule has 2 aromatic rings. The zero-order valence-corrected chi connectivity index (χ0v) is 13.8. The van der Waals surface area contributed by atoms with Crippen molar-refractivity contribution in [3.8, 4) is 0 Å². The van der Waals surface area contributed by atoms with Gasteiger partial charge in [0.2, 0.25) is 0 Å². The van der Waals surface area contributed by atoms with Crippen LogP contribution < -0.4 is 10.6 Å². The van der Waals surface area contributed by atoms with Gasteiger partial charge in [-0.3, -0.25) is 0 Å². The van der Waals surface area contributed by atoms with E-state index in [9.17, 15) is 0 Å². The van der Waals surface area contributed by atoms with Crippen LogP contribution in [0.15, 0.2) is 48.5 Å². The van der Waals surface area contributed by atoms with Crippen LogP contribution in [-0.2, 0) is 6.42 Å². The topological polar surface area (TPSA) is 29.3 Å². The first-order chi connectivity index (χ1) is 10.6. The summed E-state index contributed by atoms with van der Waals surface area (Å²) in [6.45, 7) is 4.12. The van der Waals surface area contributed by atoms with Gasteiger partial charge in [0.05, 0.1) is 0 Å². The van der Waals surface area contributed by atoms with Crippen LogP contribution in [0, 0.1) is 12.8 Å². The van der Waals surface area contributed by atoms with E-state index in [0.29, 0.717) is 5.92 Å². The molecule has 2 atom stereocenters. The molecule has 2 aromatic carbocycles. The highest BCUT2D eigenvalue weighted by Gasteiger charge is 2.25. The molecule has 22 heavy (non-hydrogen) atoms. The second-order valence-electron chi connectivity index (χ2n) is 6.44. The highest BCUT2D eigenvalue weighted by molar-refractivity contribution is 6.30. The molecule has 0 aliphatic carbocycles. The van der Waals surface area contributed by atoms with Gasteiger partial charge in [-0.1, -0.05) is 41.4 Å². The number of nitrogens with two attached hydrogens (primary N) is 1. The Bertz CT molecular complexity index is 624. The Hall–Kier alpha value is -1.51. The summed E-state index contributed by atoms with van der Waals surface area (Å²) < 4.78 is 0. The molecule has 0 saturated carbocycles. The fourth-order valence-corrected chi connectivity index (χ4v) is 3.57. The Morgan fingerprint density at radius 1 is 1.14 bits per heavy atom. The van der Waals surface area contributed by atoms with Crippen LogP contribution in [0.2, 0.25) is 5.02 Å². The first kappa shape index (κ1) is 15.4. The van der Waals surface area contributed by atoms with E-state index in [4.69, 9.17) is 17.3 Å². The highest BCUT2D eigenvalue weighted by Crippen LogP contribution is 2.26. The standard InChI is InChI=1S/C19H23ClN2/c1-14-5-7-19(8-6-14)22-12-16(11-18(21)13-22)9-15-3-2-4-17(20)10-15/h2-8,10,16,18H,9,11-13,21H2,1H3. The summed E-state index contributed by atoms with van der Waals surface area (Å²) in [5.41, 5.74) is 10.2. The first-order valence-electron chi connectivity index (χ1n) is 7.92. The minimum atomic E-state index is 0.235. The maximum Gasteiger partial charge on any atom is 0.0408 e. The molecule has 0 bridgehead atoms. The minimum absolute atomic E-state index is 0.235. The van der Waals surface area contributed by atoms with Gasteiger partial charge < -0.3 is 10.6 Å². The number of aryl methyl sites for hydroxylation is 1. The number of nitrogens with zero attached hydrogens (tertiary/aromatic N) is 1. The second-order valence-corrected chi connectivity index (χ2v) is 6.87. The van der Waals surface area contributed by atoms with Crippen molar-refractivity contribution >= 4 is 17.3 Å². The lowest BCUT2D eigenvalue weighted by atomic mass is 9.89. The highest BCUT2D eigenvalue weighted by atomic mass is 35.5. The van der Waals surface area contributed by atoms with E-state index in [2.05, 4.69) is 48.2 Å². The van der Waals surface area contributed by atoms with E-state index < -0.39 is 0 Å². The smallest absolute Gasteiger partial charge is 0.0408 e. The second kappa shape index (κ2) is 6.72. The van der Waals surface area contributed by atoms with E-state index in [1.54, 1.807) is 0 Å². The van der Waals surface area contributed by atoms with Gasteiger partial charge in [-0.15, -0.1) is 0 Å². The third-order valence-electron chi connectivity index (χ3n) is 4.38. The van der Waals surface area contributed by atoms with Gasteiger partial charge in [0.1, 0.15) is 0 Å². The van der Waals surface area contributed by atoms with Gasteiger partial charge in [-0.2, -0.15) is 0 Å². The minimum Gasteiger partial charge on any atom is -0.370 e. The van der Waals surface area contributed by atoms with Gasteiger partial charge in [0, 0.05) is 29.8 Å². The van der Waals surface area contributed by atoms with E-state index in [0.717, 1.165) is 31.0 Å². The van der Waals surface area contributed by atoms with Crippen LogP contribution >= 0.6 is 11.6 Å². The number of piperidine rings is 1. The molecule has 3 rings (SSSR count). The zero-order chi connectivity index (χ0) is 15.5. The number of hydrogen-bond donors (Lipinski definition) is 1. The van der Waals surface area contributed by atoms with Crippen molar-refractivity contribution < 1.29 is 0 Å². The molecule has 116 valence electrons. The third-order valence-corrected chi connectivity index (χ3v) is 4.62. The largest absolute Gasteiger partial charge is 0.370 e. The molecule has 0 amide bonds. The van der Waals surface area contributed by atoms with Crippen LogP contribution in [0.5, 0.6) is 0 Å². The summed E-state index contributed by atoms with van der Waals surface area (Å²) in [5, 5.41) is 0.813. The summed E-state index contributed by atoms with van der Waals surface area (Å²) in [5.74, 6) is 0.573. The maximum absolute atomic E-state index is 6.30. The fraction of sp³-hybridized carbons (Fsp3) is 0.368. The SMILES string of the molecule is Cc1ccc(N2CC(N)CC(Cc3cccc(Cl)c3)C2)cc1. The van der Waals surface area contributed by atoms with Crippen molar-refractivity contribution in [2.24, 2.45) is 11.7 Å². The van der Waals surface area contributed by atoms with Crippen LogP contribution in [0.1, 0.15) is 17.5 Å². The van der Waals surface area contributed by atoms with E-state index in [1.807, 2.05) is 12.1 Å². The molecular formula is C19H23ClN2. The third kappa shape index (κ3) is 3.82. The van der Waals surface area contributed by atoms with E-state index in [-0.39, 0.29) is 6.04 Å². The van der Waals surface area contributed by atoms with E-state index in [1.165, 1.54) is 16.8 Å². The Kier molecular flexibility index (Phi) is 4.70. The molecule has 1 aliphatic heterocycles. The van der Waals surface area contributed by atoms with Gasteiger partial charge in [0.15, 0.2) is 0 Å². The maximum atomic E-state index is 6.30. The molecule has 2 nitrogen and oxygen atoms in total. The molecule has 2 unspecified atom stereocenters. The Morgan fingerprint density at radius 3 is 2.64 bits per heavy atom. The lowest BCUT2D eigenvalue weighted by Crippen LogP contribution is -2.47. The number of hydrogen-bond acceptors (Lipinski definition) is 2. The predicted molar refractivity (Wildman–Crippen MR) is 94.6 cm³/mol.